The number of aromatic nitrogens is 1. The molecule has 0 bridgehead atoms. The molecule has 0 amide bonds. The van der Waals surface area contributed by atoms with Crippen LogP contribution in [-0.4, -0.2) is 38.7 Å². The first-order chi connectivity index (χ1) is 13.3. The molecule has 1 heterocycles. The second-order valence-electron chi connectivity index (χ2n) is 5.55. The lowest BCUT2D eigenvalue weighted by Crippen LogP contribution is -2.14. The highest BCUT2D eigenvalue weighted by Crippen LogP contribution is 2.29. The molecule has 0 spiro atoms. The monoisotopic (exact) mass is 404 g/mol. The third kappa shape index (κ3) is 3.91. The lowest BCUT2D eigenvalue weighted by Gasteiger charge is -2.11. The smallest absolute Gasteiger partial charge is 0.335 e. The van der Waals surface area contributed by atoms with Gasteiger partial charge in [-0.3, -0.25) is 4.72 Å². The van der Waals surface area contributed by atoms with Crippen molar-refractivity contribution in [1.82, 2.24) is 4.98 Å². The third-order valence-electron chi connectivity index (χ3n) is 3.79. The number of sulfonamides is 1. The van der Waals surface area contributed by atoms with Crippen LogP contribution in [0.15, 0.2) is 58.2 Å². The molecular weight excluding hydrogens is 388 g/mol. The molecule has 1 aromatic heterocycles. The molecule has 9 nitrogen and oxygen atoms in total. The molecule has 0 unspecified atom stereocenters. The van der Waals surface area contributed by atoms with E-state index in [1.54, 1.807) is 24.3 Å². The van der Waals surface area contributed by atoms with E-state index in [4.69, 9.17) is 19.0 Å². The summed E-state index contributed by atoms with van der Waals surface area (Å²) in [7, 11) is -1.25. The van der Waals surface area contributed by atoms with Crippen molar-refractivity contribution in [2.24, 2.45) is 0 Å². The fourth-order valence-electron chi connectivity index (χ4n) is 2.35. The maximum Gasteiger partial charge on any atom is 0.335 e. The van der Waals surface area contributed by atoms with Gasteiger partial charge < -0.3 is 19.0 Å². The highest BCUT2D eigenvalue weighted by Gasteiger charge is 2.22. The van der Waals surface area contributed by atoms with Crippen molar-refractivity contribution in [3.8, 4) is 23.0 Å². The van der Waals surface area contributed by atoms with Gasteiger partial charge >= 0.3 is 5.97 Å². The Morgan fingerprint density at radius 3 is 2.43 bits per heavy atom. The number of oxazole rings is 1. The summed E-state index contributed by atoms with van der Waals surface area (Å²) in [4.78, 5) is 15.1. The number of hydrogen-bond acceptors (Lipinski definition) is 7. The largest absolute Gasteiger partial charge is 0.497 e. The summed E-state index contributed by atoms with van der Waals surface area (Å²) in [5.74, 6) is -0.339. The third-order valence-corrected chi connectivity index (χ3v) is 5.02. The molecule has 0 atom stereocenters. The molecule has 0 aliphatic heterocycles. The van der Waals surface area contributed by atoms with E-state index in [-0.39, 0.29) is 27.9 Å². The SMILES string of the molecule is COc1ccc(-c2nc(S(=O)(=O)Nc3ccc(C(=O)O)cc3OC)co2)cc1. The zero-order valence-electron chi connectivity index (χ0n) is 14.9. The van der Waals surface area contributed by atoms with Crippen molar-refractivity contribution in [3.63, 3.8) is 0 Å². The molecule has 2 aromatic carbocycles. The highest BCUT2D eigenvalue weighted by molar-refractivity contribution is 7.92. The van der Waals surface area contributed by atoms with E-state index >= 15 is 0 Å². The number of anilines is 1. The van der Waals surface area contributed by atoms with Crippen LogP contribution in [0.1, 0.15) is 10.4 Å². The minimum absolute atomic E-state index is 0.0389. The van der Waals surface area contributed by atoms with Crippen LogP contribution in [0.5, 0.6) is 11.5 Å². The van der Waals surface area contributed by atoms with Gasteiger partial charge in [-0.25, -0.2) is 4.79 Å². The predicted octanol–water partition coefficient (Wildman–Crippen LogP) is 2.86. The molecule has 3 aromatic rings. The molecular formula is C18H16N2O7S. The Morgan fingerprint density at radius 2 is 1.82 bits per heavy atom. The molecule has 0 aliphatic rings. The number of benzene rings is 2. The molecule has 146 valence electrons. The van der Waals surface area contributed by atoms with Crippen molar-refractivity contribution in [2.75, 3.05) is 18.9 Å². The number of carboxylic acids is 1. The topological polar surface area (TPSA) is 128 Å². The maximum absolute atomic E-state index is 12.6. The molecule has 0 radical (unpaired) electrons. The Kier molecular flexibility index (Phi) is 5.23. The number of carboxylic acid groups (broad SMARTS) is 1. The van der Waals surface area contributed by atoms with Crippen molar-refractivity contribution < 1.29 is 32.2 Å². The zero-order chi connectivity index (χ0) is 20.3. The van der Waals surface area contributed by atoms with E-state index < -0.39 is 16.0 Å². The van der Waals surface area contributed by atoms with Crippen LogP contribution in [0.2, 0.25) is 0 Å². The summed E-state index contributed by atoms with van der Waals surface area (Å²) >= 11 is 0. The summed E-state index contributed by atoms with van der Waals surface area (Å²) in [5.41, 5.74) is 0.607. The predicted molar refractivity (Wildman–Crippen MR) is 99.3 cm³/mol. The van der Waals surface area contributed by atoms with E-state index in [0.29, 0.717) is 11.3 Å². The number of carbonyl (C=O) groups is 1. The first kappa shape index (κ1) is 19.2. The number of hydrogen-bond donors (Lipinski definition) is 2. The molecule has 3 rings (SSSR count). The Bertz CT molecular complexity index is 1110. The number of methoxy groups -OCH3 is 2. The van der Waals surface area contributed by atoms with Crippen LogP contribution < -0.4 is 14.2 Å². The van der Waals surface area contributed by atoms with Gasteiger partial charge in [0.1, 0.15) is 17.8 Å². The van der Waals surface area contributed by atoms with Crippen LogP contribution in [0.3, 0.4) is 0 Å². The molecule has 0 fully saturated rings. The van der Waals surface area contributed by atoms with Gasteiger partial charge in [0.15, 0.2) is 0 Å². The molecule has 2 N–H and O–H groups in total. The average Bonchev–Trinajstić information content (AvgIpc) is 3.19. The van der Waals surface area contributed by atoms with Gasteiger partial charge in [0.2, 0.25) is 10.9 Å². The molecule has 0 saturated heterocycles. The van der Waals surface area contributed by atoms with E-state index in [1.165, 1.54) is 32.4 Å². The number of aromatic carboxylic acids is 1. The van der Waals surface area contributed by atoms with Gasteiger partial charge in [0, 0.05) is 5.56 Å². The van der Waals surface area contributed by atoms with Gasteiger partial charge in [0.05, 0.1) is 25.5 Å². The average molecular weight is 404 g/mol. The van der Waals surface area contributed by atoms with Crippen molar-refractivity contribution >= 4 is 21.7 Å². The Balaban J connectivity index is 1.87. The Morgan fingerprint density at radius 1 is 1.11 bits per heavy atom. The van der Waals surface area contributed by atoms with Crippen molar-refractivity contribution in [3.05, 3.63) is 54.3 Å². The molecule has 10 heteroatoms. The first-order valence-electron chi connectivity index (χ1n) is 7.88. The van der Waals surface area contributed by atoms with E-state index in [2.05, 4.69) is 9.71 Å². The number of ether oxygens (including phenoxy) is 2. The molecule has 0 saturated carbocycles. The lowest BCUT2D eigenvalue weighted by molar-refractivity contribution is 0.0696. The van der Waals surface area contributed by atoms with Gasteiger partial charge in [-0.1, -0.05) is 0 Å². The second kappa shape index (κ2) is 7.61. The fraction of sp³-hybridized carbons (Fsp3) is 0.111. The van der Waals surface area contributed by atoms with Crippen LogP contribution >= 0.6 is 0 Å². The summed E-state index contributed by atoms with van der Waals surface area (Å²) in [6, 6.07) is 10.5. The van der Waals surface area contributed by atoms with Gasteiger partial charge in [-0.2, -0.15) is 13.4 Å². The van der Waals surface area contributed by atoms with E-state index in [0.717, 1.165) is 6.26 Å². The van der Waals surface area contributed by atoms with Crippen LogP contribution in [0.4, 0.5) is 5.69 Å². The van der Waals surface area contributed by atoms with E-state index in [1.807, 2.05) is 0 Å². The Hall–Kier alpha value is -3.53. The highest BCUT2D eigenvalue weighted by atomic mass is 32.2. The van der Waals surface area contributed by atoms with Crippen molar-refractivity contribution in [1.29, 1.82) is 0 Å². The minimum atomic E-state index is -4.09. The van der Waals surface area contributed by atoms with Crippen LogP contribution in [-0.2, 0) is 10.0 Å². The standard InChI is InChI=1S/C18H16N2O7S/c1-25-13-6-3-11(4-7-13)17-19-16(10-27-17)28(23,24)20-14-8-5-12(18(21)22)9-15(14)26-2/h3-10,20H,1-2H3,(H,21,22). The summed E-state index contributed by atoms with van der Waals surface area (Å²) in [5, 5.41) is 8.69. The zero-order valence-corrected chi connectivity index (χ0v) is 15.7. The minimum Gasteiger partial charge on any atom is -0.497 e. The quantitative estimate of drug-likeness (QED) is 0.615. The number of rotatable bonds is 7. The lowest BCUT2D eigenvalue weighted by atomic mass is 10.2. The van der Waals surface area contributed by atoms with Gasteiger partial charge in [-0.05, 0) is 42.5 Å². The van der Waals surface area contributed by atoms with Crippen LogP contribution in [0, 0.1) is 0 Å². The second-order valence-corrected chi connectivity index (χ2v) is 7.17. The Labute approximate surface area is 160 Å². The number of nitrogens with zero attached hydrogens (tertiary/aromatic N) is 1. The van der Waals surface area contributed by atoms with Crippen molar-refractivity contribution in [2.45, 2.75) is 5.03 Å². The maximum atomic E-state index is 12.6. The molecule has 28 heavy (non-hydrogen) atoms. The van der Waals surface area contributed by atoms with E-state index in [9.17, 15) is 13.2 Å². The van der Waals surface area contributed by atoms with Gasteiger partial charge in [-0.15, -0.1) is 0 Å². The summed E-state index contributed by atoms with van der Waals surface area (Å²) in [6.07, 6.45) is 1.01. The number of nitrogens with one attached hydrogen (secondary N) is 1. The molecule has 0 aliphatic carbocycles. The first-order valence-corrected chi connectivity index (χ1v) is 9.36. The fourth-order valence-corrected chi connectivity index (χ4v) is 3.29. The summed E-state index contributed by atoms with van der Waals surface area (Å²) in [6.45, 7) is 0. The van der Waals surface area contributed by atoms with Gasteiger partial charge in [0.25, 0.3) is 10.0 Å². The van der Waals surface area contributed by atoms with Crippen LogP contribution in [0.25, 0.3) is 11.5 Å². The normalized spacial score (nSPS) is 11.1. The summed E-state index contributed by atoms with van der Waals surface area (Å²) < 4.78 is 42.9.